The number of anilines is 1. The van der Waals surface area contributed by atoms with E-state index in [0.29, 0.717) is 38.9 Å². The van der Waals surface area contributed by atoms with E-state index in [9.17, 15) is 9.59 Å². The smallest absolute Gasteiger partial charge is 0.266 e. The average Bonchev–Trinajstić information content (AvgIpc) is 3.31. The van der Waals surface area contributed by atoms with E-state index in [1.165, 1.54) is 17.3 Å². The van der Waals surface area contributed by atoms with Crippen LogP contribution in [0.3, 0.4) is 0 Å². The summed E-state index contributed by atoms with van der Waals surface area (Å²) in [6.45, 7) is 2.26. The molecule has 5 rings (SSSR count). The topological polar surface area (TPSA) is 82.5 Å². The number of aromatic nitrogens is 2. The van der Waals surface area contributed by atoms with Gasteiger partial charge in [-0.05, 0) is 48.4 Å². The Hall–Kier alpha value is -3.78. The number of nitrogens with zero attached hydrogens (tertiary/aromatic N) is 2. The quantitative estimate of drug-likeness (QED) is 0.340. The first-order chi connectivity index (χ1) is 16.1. The van der Waals surface area contributed by atoms with Crippen LogP contribution < -0.4 is 20.3 Å². The molecule has 2 heterocycles. The summed E-state index contributed by atoms with van der Waals surface area (Å²) < 4.78 is 12.2. The van der Waals surface area contributed by atoms with Crippen molar-refractivity contribution in [3.8, 4) is 17.2 Å². The molecule has 0 bridgehead atoms. The van der Waals surface area contributed by atoms with E-state index in [0.717, 1.165) is 6.42 Å². The van der Waals surface area contributed by atoms with E-state index in [1.54, 1.807) is 34.9 Å². The lowest BCUT2D eigenvalue weighted by Gasteiger charge is -2.14. The van der Waals surface area contributed by atoms with Gasteiger partial charge >= 0.3 is 0 Å². The minimum Gasteiger partial charge on any atom is -0.454 e. The van der Waals surface area contributed by atoms with Gasteiger partial charge in [0.1, 0.15) is 0 Å². The highest BCUT2D eigenvalue weighted by atomic mass is 32.2. The zero-order valence-corrected chi connectivity index (χ0v) is 18.7. The molecule has 0 saturated heterocycles. The van der Waals surface area contributed by atoms with Gasteiger partial charge in [-0.15, -0.1) is 0 Å². The second kappa shape index (κ2) is 8.99. The molecule has 4 aromatic rings. The molecule has 1 N–H and O–H groups in total. The highest BCUT2D eigenvalue weighted by Crippen LogP contribution is 2.34. The Morgan fingerprint density at radius 1 is 1.06 bits per heavy atom. The Morgan fingerprint density at radius 2 is 1.85 bits per heavy atom. The monoisotopic (exact) mass is 459 g/mol. The molecule has 1 aromatic heterocycles. The lowest BCUT2D eigenvalue weighted by atomic mass is 10.1. The van der Waals surface area contributed by atoms with Crippen LogP contribution in [-0.2, 0) is 11.2 Å². The number of carbonyl (C=O) groups excluding carboxylic acids is 1. The van der Waals surface area contributed by atoms with Gasteiger partial charge in [0, 0.05) is 11.8 Å². The number of benzene rings is 3. The maximum atomic E-state index is 13.3. The first kappa shape index (κ1) is 21.1. The van der Waals surface area contributed by atoms with Crippen LogP contribution in [0.4, 0.5) is 5.69 Å². The van der Waals surface area contributed by atoms with Crippen LogP contribution in [0, 0.1) is 0 Å². The summed E-state index contributed by atoms with van der Waals surface area (Å²) in [7, 11) is 0. The molecular formula is C25H21N3O4S. The van der Waals surface area contributed by atoms with Crippen molar-refractivity contribution in [1.82, 2.24) is 9.55 Å². The Morgan fingerprint density at radius 3 is 2.67 bits per heavy atom. The molecule has 7 nitrogen and oxygen atoms in total. The van der Waals surface area contributed by atoms with Gasteiger partial charge in [0.15, 0.2) is 16.7 Å². The summed E-state index contributed by atoms with van der Waals surface area (Å²) in [5.74, 6) is 1.13. The van der Waals surface area contributed by atoms with Gasteiger partial charge in [-0.3, -0.25) is 14.2 Å². The summed E-state index contributed by atoms with van der Waals surface area (Å²) in [5, 5.41) is 3.85. The van der Waals surface area contributed by atoms with E-state index in [2.05, 4.69) is 12.2 Å². The van der Waals surface area contributed by atoms with Crippen molar-refractivity contribution in [2.45, 2.75) is 18.5 Å². The average molecular weight is 460 g/mol. The third kappa shape index (κ3) is 4.29. The van der Waals surface area contributed by atoms with Crippen LogP contribution in [0.2, 0.25) is 0 Å². The van der Waals surface area contributed by atoms with Gasteiger partial charge in [0.05, 0.1) is 22.3 Å². The molecule has 0 saturated carbocycles. The lowest BCUT2D eigenvalue weighted by molar-refractivity contribution is -0.113. The molecule has 1 amide bonds. The van der Waals surface area contributed by atoms with Crippen LogP contribution in [-0.4, -0.2) is 28.0 Å². The molecule has 0 aliphatic carbocycles. The highest BCUT2D eigenvalue weighted by Gasteiger charge is 2.17. The van der Waals surface area contributed by atoms with E-state index in [1.807, 2.05) is 36.4 Å². The van der Waals surface area contributed by atoms with Crippen LogP contribution in [0.1, 0.15) is 12.5 Å². The van der Waals surface area contributed by atoms with Gasteiger partial charge in [-0.25, -0.2) is 4.98 Å². The number of amides is 1. The summed E-state index contributed by atoms with van der Waals surface area (Å²) in [5.41, 5.74) is 2.95. The number of thioether (sulfide) groups is 1. The van der Waals surface area contributed by atoms with Gasteiger partial charge in [0.25, 0.3) is 5.56 Å². The molecule has 3 aromatic carbocycles. The van der Waals surface area contributed by atoms with Crippen molar-refractivity contribution >= 4 is 34.3 Å². The van der Waals surface area contributed by atoms with Crippen LogP contribution >= 0.6 is 11.8 Å². The number of hydrogen-bond acceptors (Lipinski definition) is 6. The van der Waals surface area contributed by atoms with Gasteiger partial charge < -0.3 is 14.8 Å². The molecule has 33 heavy (non-hydrogen) atoms. The number of ether oxygens (including phenoxy) is 2. The first-order valence-electron chi connectivity index (χ1n) is 10.6. The Labute approximate surface area is 194 Å². The van der Waals surface area contributed by atoms with Crippen LogP contribution in [0.5, 0.6) is 11.5 Å². The van der Waals surface area contributed by atoms with Crippen molar-refractivity contribution in [1.29, 1.82) is 0 Å². The van der Waals surface area contributed by atoms with Crippen molar-refractivity contribution < 1.29 is 14.3 Å². The second-order valence-electron chi connectivity index (χ2n) is 7.48. The van der Waals surface area contributed by atoms with Gasteiger partial charge in [-0.2, -0.15) is 0 Å². The van der Waals surface area contributed by atoms with Crippen molar-refractivity contribution in [2.75, 3.05) is 17.9 Å². The zero-order valence-electron chi connectivity index (χ0n) is 17.9. The number of aryl methyl sites for hydroxylation is 1. The first-order valence-corrected chi connectivity index (χ1v) is 11.5. The van der Waals surface area contributed by atoms with Crippen molar-refractivity contribution in [3.63, 3.8) is 0 Å². The Kier molecular flexibility index (Phi) is 5.75. The van der Waals surface area contributed by atoms with E-state index in [-0.39, 0.29) is 24.0 Å². The standard InChI is InChI=1S/C25H21N3O4S/c1-2-16-7-10-18(11-8-16)28-24(30)19-5-3-4-6-20(19)27-25(28)33-14-23(29)26-17-9-12-21-22(13-17)32-15-31-21/h3-13H,2,14-15H2,1H3,(H,26,29). The molecule has 0 spiro atoms. The van der Waals surface area contributed by atoms with Crippen LogP contribution in [0.15, 0.2) is 76.7 Å². The number of nitrogens with one attached hydrogen (secondary N) is 1. The summed E-state index contributed by atoms with van der Waals surface area (Å²) in [4.78, 5) is 30.7. The predicted octanol–water partition coefficient (Wildman–Crippen LogP) is 4.41. The Balaban J connectivity index is 1.42. The van der Waals surface area contributed by atoms with E-state index in [4.69, 9.17) is 14.5 Å². The second-order valence-corrected chi connectivity index (χ2v) is 8.42. The maximum Gasteiger partial charge on any atom is 0.266 e. The minimum atomic E-state index is -0.214. The zero-order chi connectivity index (χ0) is 22.8. The number of rotatable bonds is 6. The summed E-state index contributed by atoms with van der Waals surface area (Å²) in [6, 6.07) is 20.3. The molecule has 0 atom stereocenters. The fraction of sp³-hybridized carbons (Fsp3) is 0.160. The molecule has 0 unspecified atom stereocenters. The summed E-state index contributed by atoms with van der Waals surface area (Å²) >= 11 is 1.22. The third-order valence-corrected chi connectivity index (χ3v) is 6.27. The number of fused-ring (bicyclic) bond motifs is 2. The highest BCUT2D eigenvalue weighted by molar-refractivity contribution is 7.99. The van der Waals surface area contributed by atoms with Gasteiger partial charge in [0.2, 0.25) is 12.7 Å². The van der Waals surface area contributed by atoms with Gasteiger partial charge in [-0.1, -0.05) is 43.0 Å². The largest absolute Gasteiger partial charge is 0.454 e. The Bertz CT molecular complexity index is 1400. The molecule has 1 aliphatic rings. The van der Waals surface area contributed by atoms with Crippen molar-refractivity contribution in [2.24, 2.45) is 0 Å². The predicted molar refractivity (Wildman–Crippen MR) is 129 cm³/mol. The molecule has 0 fully saturated rings. The summed E-state index contributed by atoms with van der Waals surface area (Å²) in [6.07, 6.45) is 0.910. The molecular weight excluding hydrogens is 438 g/mol. The number of para-hydroxylation sites is 1. The molecule has 8 heteroatoms. The van der Waals surface area contributed by atoms with E-state index < -0.39 is 0 Å². The fourth-order valence-corrected chi connectivity index (χ4v) is 4.43. The van der Waals surface area contributed by atoms with Crippen LogP contribution in [0.25, 0.3) is 16.6 Å². The van der Waals surface area contributed by atoms with Crippen molar-refractivity contribution in [3.05, 3.63) is 82.6 Å². The third-order valence-electron chi connectivity index (χ3n) is 5.34. The molecule has 166 valence electrons. The maximum absolute atomic E-state index is 13.3. The minimum absolute atomic E-state index is 0.0895. The SMILES string of the molecule is CCc1ccc(-n2c(SCC(=O)Nc3ccc4c(c3)OCO4)nc3ccccc3c2=O)cc1. The normalized spacial score (nSPS) is 12.2. The number of hydrogen-bond donors (Lipinski definition) is 1. The fourth-order valence-electron chi connectivity index (χ4n) is 3.62. The van der Waals surface area contributed by atoms with E-state index >= 15 is 0 Å². The lowest BCUT2D eigenvalue weighted by Crippen LogP contribution is -2.23. The number of carbonyl (C=O) groups is 1. The molecule has 0 radical (unpaired) electrons. The molecule has 1 aliphatic heterocycles.